The van der Waals surface area contributed by atoms with Crippen molar-refractivity contribution >= 4 is 41.2 Å². The van der Waals surface area contributed by atoms with Gasteiger partial charge in [0.2, 0.25) is 0 Å². The molecule has 1 N–H and O–H groups in total. The predicted octanol–water partition coefficient (Wildman–Crippen LogP) is 6.22. The maximum atomic E-state index is 3.69. The van der Waals surface area contributed by atoms with Gasteiger partial charge in [0, 0.05) is 47.6 Å². The second kappa shape index (κ2) is 8.93. The Hall–Kier alpha value is -2.14. The van der Waals surface area contributed by atoms with E-state index in [-0.39, 0.29) is 12.4 Å². The van der Waals surface area contributed by atoms with E-state index in [1.54, 1.807) is 0 Å². The van der Waals surface area contributed by atoms with Crippen molar-refractivity contribution in [2.75, 3.05) is 43.4 Å². The molecular formula is C25H28ClN3S. The van der Waals surface area contributed by atoms with Gasteiger partial charge < -0.3 is 15.1 Å². The fourth-order valence-corrected chi connectivity index (χ4v) is 5.29. The lowest BCUT2D eigenvalue weighted by Crippen LogP contribution is -2.44. The molecule has 0 amide bonds. The lowest BCUT2D eigenvalue weighted by molar-refractivity contribution is 0.313. The van der Waals surface area contributed by atoms with Crippen molar-refractivity contribution in [3.05, 3.63) is 77.9 Å². The third-order valence-corrected chi connectivity index (χ3v) is 7.29. The van der Waals surface area contributed by atoms with Crippen LogP contribution in [0, 0.1) is 0 Å². The van der Waals surface area contributed by atoms with Gasteiger partial charge in [-0.3, -0.25) is 0 Å². The third kappa shape index (κ3) is 4.04. The number of para-hydroxylation sites is 2. The predicted molar refractivity (Wildman–Crippen MR) is 131 cm³/mol. The first-order valence-electron chi connectivity index (χ1n) is 10.4. The second-order valence-corrected chi connectivity index (χ2v) is 9.13. The number of halogens is 1. The molecule has 1 atom stereocenters. The molecule has 0 radical (unpaired) electrons. The van der Waals surface area contributed by atoms with Crippen molar-refractivity contribution in [1.29, 1.82) is 0 Å². The number of rotatable bonds is 3. The zero-order chi connectivity index (χ0) is 19.8. The molecule has 0 aromatic heterocycles. The molecule has 1 unspecified atom stereocenters. The van der Waals surface area contributed by atoms with Gasteiger partial charge in [0.15, 0.2) is 0 Å². The van der Waals surface area contributed by atoms with Crippen molar-refractivity contribution in [1.82, 2.24) is 4.90 Å². The Labute approximate surface area is 189 Å². The maximum absolute atomic E-state index is 3.69. The molecule has 1 fully saturated rings. The number of hydrogen-bond acceptors (Lipinski definition) is 4. The number of nitrogens with one attached hydrogen (secondary N) is 1. The van der Waals surface area contributed by atoms with Crippen LogP contribution in [-0.4, -0.2) is 38.1 Å². The van der Waals surface area contributed by atoms with Crippen LogP contribution in [0.1, 0.15) is 24.0 Å². The average Bonchev–Trinajstić information content (AvgIpc) is 2.77. The first kappa shape index (κ1) is 21.1. The number of anilines is 3. The summed E-state index contributed by atoms with van der Waals surface area (Å²) < 4.78 is 0. The van der Waals surface area contributed by atoms with Crippen molar-refractivity contribution in [3.63, 3.8) is 0 Å². The summed E-state index contributed by atoms with van der Waals surface area (Å²) >= 11 is 1.86. The lowest BCUT2D eigenvalue weighted by atomic mass is 9.91. The molecular weight excluding hydrogens is 410 g/mol. The van der Waals surface area contributed by atoms with Crippen LogP contribution >= 0.6 is 24.2 Å². The summed E-state index contributed by atoms with van der Waals surface area (Å²) in [5.74, 6) is 0.338. The fourth-order valence-electron chi connectivity index (χ4n) is 4.26. The lowest BCUT2D eigenvalue weighted by Gasteiger charge is -2.34. The zero-order valence-electron chi connectivity index (χ0n) is 17.5. The largest absolute Gasteiger partial charge is 0.369 e. The minimum Gasteiger partial charge on any atom is -0.369 e. The highest BCUT2D eigenvalue weighted by Crippen LogP contribution is 2.47. The van der Waals surface area contributed by atoms with Crippen LogP contribution < -0.4 is 10.2 Å². The third-order valence-electron chi connectivity index (χ3n) is 6.15. The average molecular weight is 438 g/mol. The van der Waals surface area contributed by atoms with Crippen LogP contribution in [0.3, 0.4) is 0 Å². The summed E-state index contributed by atoms with van der Waals surface area (Å²) in [5.41, 5.74) is 6.52. The van der Waals surface area contributed by atoms with Gasteiger partial charge in [0.25, 0.3) is 0 Å². The highest BCUT2D eigenvalue weighted by molar-refractivity contribution is 7.99. The van der Waals surface area contributed by atoms with Crippen molar-refractivity contribution in [2.24, 2.45) is 0 Å². The van der Waals surface area contributed by atoms with Gasteiger partial charge in [-0.2, -0.15) is 0 Å². The molecule has 0 spiro atoms. The minimum absolute atomic E-state index is 0. The quantitative estimate of drug-likeness (QED) is 0.410. The van der Waals surface area contributed by atoms with Gasteiger partial charge in [0.05, 0.1) is 11.4 Å². The molecule has 2 aliphatic heterocycles. The first-order valence-corrected chi connectivity index (χ1v) is 11.2. The smallest absolute Gasteiger partial charge is 0.0565 e. The van der Waals surface area contributed by atoms with Crippen LogP contribution in [0.15, 0.2) is 76.5 Å². The Morgan fingerprint density at radius 3 is 2.30 bits per heavy atom. The van der Waals surface area contributed by atoms with Crippen molar-refractivity contribution in [2.45, 2.75) is 22.6 Å². The van der Waals surface area contributed by atoms with Gasteiger partial charge in [-0.15, -0.1) is 12.4 Å². The van der Waals surface area contributed by atoms with E-state index in [9.17, 15) is 0 Å². The highest BCUT2D eigenvalue weighted by atomic mass is 35.5. The molecule has 3 aromatic carbocycles. The van der Waals surface area contributed by atoms with Crippen LogP contribution in [0.25, 0.3) is 0 Å². The summed E-state index contributed by atoms with van der Waals surface area (Å²) in [7, 11) is 2.20. The van der Waals surface area contributed by atoms with Gasteiger partial charge >= 0.3 is 0 Å². The molecule has 3 aromatic rings. The zero-order valence-corrected chi connectivity index (χ0v) is 19.1. The normalized spacial score (nSPS) is 16.7. The van der Waals surface area contributed by atoms with Gasteiger partial charge in [-0.25, -0.2) is 0 Å². The molecule has 1 saturated heterocycles. The summed E-state index contributed by atoms with van der Waals surface area (Å²) in [6.45, 7) is 6.81. The van der Waals surface area contributed by atoms with Crippen LogP contribution in [0.4, 0.5) is 17.1 Å². The minimum atomic E-state index is 0. The van der Waals surface area contributed by atoms with Crippen molar-refractivity contribution < 1.29 is 0 Å². The molecule has 0 aliphatic carbocycles. The molecule has 5 heteroatoms. The van der Waals surface area contributed by atoms with Crippen LogP contribution in [0.2, 0.25) is 0 Å². The molecule has 0 bridgehead atoms. The SMILES string of the molecule is CC(c1ccc(N2CCN(C)CC2)cc1)c1cccc2c1Nc1ccccc1S2.Cl. The van der Waals surface area contributed by atoms with E-state index >= 15 is 0 Å². The highest BCUT2D eigenvalue weighted by Gasteiger charge is 2.21. The van der Waals surface area contributed by atoms with E-state index in [1.165, 1.54) is 38.0 Å². The Kier molecular flexibility index (Phi) is 6.28. The van der Waals surface area contributed by atoms with E-state index < -0.39 is 0 Å². The summed E-state index contributed by atoms with van der Waals surface area (Å²) in [4.78, 5) is 7.49. The molecule has 156 valence electrons. The molecule has 2 aliphatic rings. The molecule has 3 nitrogen and oxygen atoms in total. The Bertz CT molecular complexity index is 1010. The number of fused-ring (bicyclic) bond motifs is 2. The van der Waals surface area contributed by atoms with Crippen molar-refractivity contribution in [3.8, 4) is 0 Å². The Balaban J connectivity index is 0.00000218. The Morgan fingerprint density at radius 2 is 1.53 bits per heavy atom. The fraction of sp³-hybridized carbons (Fsp3) is 0.280. The van der Waals surface area contributed by atoms with Gasteiger partial charge in [-0.05, 0) is 48.5 Å². The van der Waals surface area contributed by atoms with E-state index in [1.807, 2.05) is 11.8 Å². The number of hydrogen-bond donors (Lipinski definition) is 1. The molecule has 0 saturated carbocycles. The Morgan fingerprint density at radius 1 is 0.833 bits per heavy atom. The van der Waals surface area contributed by atoms with E-state index in [2.05, 4.69) is 95.8 Å². The van der Waals surface area contributed by atoms with E-state index in [0.29, 0.717) is 5.92 Å². The molecule has 5 rings (SSSR count). The van der Waals surface area contributed by atoms with E-state index in [4.69, 9.17) is 0 Å². The van der Waals surface area contributed by atoms with Crippen LogP contribution in [-0.2, 0) is 0 Å². The van der Waals surface area contributed by atoms with E-state index in [0.717, 1.165) is 26.2 Å². The molecule has 2 heterocycles. The topological polar surface area (TPSA) is 18.5 Å². The number of benzene rings is 3. The second-order valence-electron chi connectivity index (χ2n) is 8.05. The summed E-state index contributed by atoms with van der Waals surface area (Å²) in [6.07, 6.45) is 0. The van der Waals surface area contributed by atoms with Gasteiger partial charge in [-0.1, -0.05) is 55.1 Å². The molecule has 30 heavy (non-hydrogen) atoms. The van der Waals surface area contributed by atoms with Crippen LogP contribution in [0.5, 0.6) is 0 Å². The summed E-state index contributed by atoms with van der Waals surface area (Å²) in [6, 6.07) is 24.4. The van der Waals surface area contributed by atoms with Gasteiger partial charge in [0.1, 0.15) is 0 Å². The monoisotopic (exact) mass is 437 g/mol. The number of likely N-dealkylation sites (N-methyl/N-ethyl adjacent to an activating group) is 1. The number of nitrogens with zero attached hydrogens (tertiary/aromatic N) is 2. The number of piperazine rings is 1. The first-order chi connectivity index (χ1) is 14.2. The summed E-state index contributed by atoms with van der Waals surface area (Å²) in [5, 5.41) is 3.69. The maximum Gasteiger partial charge on any atom is 0.0565 e. The standard InChI is InChI=1S/C25H27N3S.ClH/c1-18(19-10-12-20(13-11-19)28-16-14-27(2)15-17-28)21-6-5-9-24-25(21)26-22-7-3-4-8-23(22)29-24;/h3-13,18,26H,14-17H2,1-2H3;1H.